The Morgan fingerprint density at radius 1 is 1.21 bits per heavy atom. The number of benzene rings is 2. The predicted molar refractivity (Wildman–Crippen MR) is 112 cm³/mol. The molecule has 0 radical (unpaired) electrons. The summed E-state index contributed by atoms with van der Waals surface area (Å²) in [4.78, 5) is 11.7. The molecule has 3 rings (SSSR count). The number of aromatic nitrogens is 4. The van der Waals surface area contributed by atoms with Crippen molar-refractivity contribution in [2.45, 2.75) is 38.5 Å². The number of carbonyl (C=O) groups is 1. The van der Waals surface area contributed by atoms with Crippen molar-refractivity contribution >= 4 is 17.5 Å². The number of rotatable bonds is 9. The Morgan fingerprint density at radius 2 is 1.97 bits per heavy atom. The van der Waals surface area contributed by atoms with Gasteiger partial charge in [0.15, 0.2) is 5.78 Å². The van der Waals surface area contributed by atoms with Gasteiger partial charge in [0.25, 0.3) is 0 Å². The summed E-state index contributed by atoms with van der Waals surface area (Å²) in [6.07, 6.45) is -0.223. The number of aliphatic hydroxyl groups is 1. The standard InChI is InChI=1S/C21H24N4O3S/c1-4-20(27)16-6-8-18(9-7-16)28-12-17(26)13-29-21-22-23-24-25(21)19-10-5-14(2)11-15(19)3/h5-11,17,26H,4,12-13H2,1-3H3. The number of aryl methyl sites for hydroxylation is 2. The van der Waals surface area contributed by atoms with Crippen LogP contribution in [0.25, 0.3) is 5.69 Å². The topological polar surface area (TPSA) is 90.1 Å². The van der Waals surface area contributed by atoms with Crippen molar-refractivity contribution in [3.8, 4) is 11.4 Å². The fourth-order valence-corrected chi connectivity index (χ4v) is 3.60. The SMILES string of the molecule is CCC(=O)c1ccc(OCC(O)CSc2nnnn2-c2ccc(C)cc2C)cc1. The Hall–Kier alpha value is -2.71. The van der Waals surface area contributed by atoms with E-state index in [0.717, 1.165) is 11.3 Å². The molecular weight excluding hydrogens is 388 g/mol. The number of hydrogen-bond acceptors (Lipinski definition) is 7. The monoisotopic (exact) mass is 412 g/mol. The maximum absolute atomic E-state index is 11.7. The fourth-order valence-electron chi connectivity index (χ4n) is 2.82. The zero-order valence-electron chi connectivity index (χ0n) is 16.7. The van der Waals surface area contributed by atoms with E-state index in [-0.39, 0.29) is 12.4 Å². The molecule has 2 aromatic carbocycles. The van der Waals surface area contributed by atoms with Crippen molar-refractivity contribution in [2.24, 2.45) is 0 Å². The highest BCUT2D eigenvalue weighted by Crippen LogP contribution is 2.22. The van der Waals surface area contributed by atoms with Gasteiger partial charge >= 0.3 is 0 Å². The van der Waals surface area contributed by atoms with Gasteiger partial charge < -0.3 is 9.84 Å². The molecule has 0 spiro atoms. The van der Waals surface area contributed by atoms with Crippen LogP contribution in [0, 0.1) is 13.8 Å². The molecule has 152 valence electrons. The van der Waals surface area contributed by atoms with Gasteiger partial charge in [0.1, 0.15) is 12.4 Å². The molecular formula is C21H24N4O3S. The van der Waals surface area contributed by atoms with Crippen molar-refractivity contribution < 1.29 is 14.6 Å². The Kier molecular flexibility index (Phi) is 7.00. The molecule has 29 heavy (non-hydrogen) atoms. The van der Waals surface area contributed by atoms with Gasteiger partial charge in [-0.05, 0) is 60.2 Å². The number of hydrogen-bond donors (Lipinski definition) is 1. The lowest BCUT2D eigenvalue weighted by molar-refractivity contribution is 0.0987. The second kappa shape index (κ2) is 9.67. The molecule has 0 saturated heterocycles. The van der Waals surface area contributed by atoms with Crippen molar-refractivity contribution in [1.82, 2.24) is 20.2 Å². The molecule has 0 aliphatic rings. The van der Waals surface area contributed by atoms with Crippen molar-refractivity contribution in [3.05, 3.63) is 59.2 Å². The molecule has 1 unspecified atom stereocenters. The lowest BCUT2D eigenvalue weighted by atomic mass is 10.1. The third-order valence-corrected chi connectivity index (χ3v) is 5.43. The fraction of sp³-hybridized carbons (Fsp3) is 0.333. The Balaban J connectivity index is 1.54. The largest absolute Gasteiger partial charge is 0.491 e. The van der Waals surface area contributed by atoms with Crippen LogP contribution >= 0.6 is 11.8 Å². The molecule has 7 nitrogen and oxygen atoms in total. The number of tetrazole rings is 1. The van der Waals surface area contributed by atoms with Gasteiger partial charge in [-0.15, -0.1) is 5.10 Å². The minimum atomic E-state index is -0.693. The van der Waals surface area contributed by atoms with Crippen LogP contribution in [0.1, 0.15) is 34.8 Å². The Morgan fingerprint density at radius 3 is 2.66 bits per heavy atom. The highest BCUT2D eigenvalue weighted by Gasteiger charge is 2.14. The summed E-state index contributed by atoms with van der Waals surface area (Å²) in [5.74, 6) is 1.09. The maximum atomic E-state index is 11.7. The molecule has 0 bridgehead atoms. The van der Waals surface area contributed by atoms with Gasteiger partial charge in [-0.1, -0.05) is 36.4 Å². The van der Waals surface area contributed by atoms with Gasteiger partial charge in [0.2, 0.25) is 5.16 Å². The van der Waals surface area contributed by atoms with Crippen LogP contribution in [-0.2, 0) is 0 Å². The third-order valence-electron chi connectivity index (χ3n) is 4.37. The zero-order chi connectivity index (χ0) is 20.8. The summed E-state index contributed by atoms with van der Waals surface area (Å²) < 4.78 is 7.30. The molecule has 3 aromatic rings. The smallest absolute Gasteiger partial charge is 0.214 e. The molecule has 0 amide bonds. The molecule has 1 atom stereocenters. The van der Waals surface area contributed by atoms with Crippen molar-refractivity contribution in [3.63, 3.8) is 0 Å². The number of carbonyl (C=O) groups excluding carboxylic acids is 1. The van der Waals surface area contributed by atoms with Gasteiger partial charge in [-0.3, -0.25) is 4.79 Å². The van der Waals surface area contributed by atoms with Crippen LogP contribution in [0.4, 0.5) is 0 Å². The number of Topliss-reactive ketones (excluding diaryl/α,β-unsaturated/α-hetero) is 1. The first-order chi connectivity index (χ1) is 14.0. The molecule has 1 aromatic heterocycles. The summed E-state index contributed by atoms with van der Waals surface area (Å²) in [5.41, 5.74) is 3.82. The second-order valence-corrected chi connectivity index (χ2v) is 7.73. The minimum absolute atomic E-state index is 0.0921. The number of ketones is 1. The van der Waals surface area contributed by atoms with Gasteiger partial charge in [-0.2, -0.15) is 4.68 Å². The van der Waals surface area contributed by atoms with Gasteiger partial charge in [-0.25, -0.2) is 0 Å². The molecule has 0 aliphatic heterocycles. The molecule has 1 heterocycles. The zero-order valence-corrected chi connectivity index (χ0v) is 17.5. The van der Waals surface area contributed by atoms with Crippen LogP contribution in [-0.4, -0.2) is 49.6 Å². The van der Waals surface area contributed by atoms with Crippen LogP contribution in [0.15, 0.2) is 47.6 Å². The average Bonchev–Trinajstić information content (AvgIpc) is 3.18. The van der Waals surface area contributed by atoms with E-state index >= 15 is 0 Å². The summed E-state index contributed by atoms with van der Waals surface area (Å²) in [6, 6.07) is 13.0. The van der Waals surface area contributed by atoms with Crippen molar-refractivity contribution in [2.75, 3.05) is 12.4 Å². The molecule has 8 heteroatoms. The lowest BCUT2D eigenvalue weighted by Gasteiger charge is -2.13. The summed E-state index contributed by atoms with van der Waals surface area (Å²) in [6.45, 7) is 6.02. The van der Waals surface area contributed by atoms with Crippen molar-refractivity contribution in [1.29, 1.82) is 0 Å². The molecule has 1 N–H and O–H groups in total. The van der Waals surface area contributed by atoms with Crippen LogP contribution < -0.4 is 4.74 Å². The summed E-state index contributed by atoms with van der Waals surface area (Å²) >= 11 is 1.37. The minimum Gasteiger partial charge on any atom is -0.491 e. The van der Waals surface area contributed by atoms with Gasteiger partial charge in [0, 0.05) is 17.7 Å². The van der Waals surface area contributed by atoms with E-state index in [1.807, 2.05) is 32.9 Å². The number of thioether (sulfide) groups is 1. The molecule has 0 aliphatic carbocycles. The van der Waals surface area contributed by atoms with Crippen LogP contribution in [0.2, 0.25) is 0 Å². The second-order valence-electron chi connectivity index (χ2n) is 6.74. The first-order valence-electron chi connectivity index (χ1n) is 9.41. The van der Waals surface area contributed by atoms with E-state index in [4.69, 9.17) is 4.74 Å². The highest BCUT2D eigenvalue weighted by molar-refractivity contribution is 7.99. The number of nitrogens with zero attached hydrogens (tertiary/aromatic N) is 4. The number of ether oxygens (including phenoxy) is 1. The van der Waals surface area contributed by atoms with E-state index in [2.05, 4.69) is 21.6 Å². The van der Waals surface area contributed by atoms with Crippen LogP contribution in [0.5, 0.6) is 5.75 Å². The van der Waals surface area contributed by atoms with Crippen LogP contribution in [0.3, 0.4) is 0 Å². The Labute approximate surface area is 174 Å². The summed E-state index contributed by atoms with van der Waals surface area (Å²) in [5, 5.41) is 22.8. The van der Waals surface area contributed by atoms with E-state index in [1.54, 1.807) is 28.9 Å². The molecule has 0 fully saturated rings. The van der Waals surface area contributed by atoms with E-state index < -0.39 is 6.10 Å². The quantitative estimate of drug-likeness (QED) is 0.425. The first-order valence-corrected chi connectivity index (χ1v) is 10.4. The number of aliphatic hydroxyl groups excluding tert-OH is 1. The predicted octanol–water partition coefficient (Wildman–Crippen LogP) is 3.40. The molecule has 0 saturated carbocycles. The van der Waals surface area contributed by atoms with Gasteiger partial charge in [0.05, 0.1) is 11.8 Å². The summed E-state index contributed by atoms with van der Waals surface area (Å²) in [7, 11) is 0. The average molecular weight is 413 g/mol. The van der Waals surface area contributed by atoms with E-state index in [0.29, 0.717) is 28.6 Å². The Bertz CT molecular complexity index is 972. The lowest BCUT2D eigenvalue weighted by Crippen LogP contribution is -2.20. The van der Waals surface area contributed by atoms with E-state index in [1.165, 1.54) is 17.3 Å². The maximum Gasteiger partial charge on any atom is 0.214 e. The third kappa shape index (κ3) is 5.42. The first kappa shape index (κ1) is 21.0. The highest BCUT2D eigenvalue weighted by atomic mass is 32.2. The normalized spacial score (nSPS) is 12.0. The van der Waals surface area contributed by atoms with E-state index in [9.17, 15) is 9.90 Å².